The summed E-state index contributed by atoms with van der Waals surface area (Å²) in [6, 6.07) is 6.21. The van der Waals surface area contributed by atoms with Crippen LogP contribution in [0.1, 0.15) is 16.7 Å². The van der Waals surface area contributed by atoms with Crippen LogP contribution in [0.3, 0.4) is 0 Å². The standard InChI is InChI=1S/C12H13NO2S/c1-7-3-8(2)5-9(4-7)6-10-11(14)13-12(15)16-10/h3-5,10H,6H2,1-2H3,(H,13,14,15). The Morgan fingerprint density at radius 3 is 2.31 bits per heavy atom. The zero-order chi connectivity index (χ0) is 11.7. The maximum absolute atomic E-state index is 11.4. The number of imide groups is 1. The topological polar surface area (TPSA) is 46.2 Å². The van der Waals surface area contributed by atoms with Gasteiger partial charge in [-0.1, -0.05) is 41.1 Å². The molecule has 84 valence electrons. The van der Waals surface area contributed by atoms with E-state index >= 15 is 0 Å². The Labute approximate surface area is 98.6 Å². The van der Waals surface area contributed by atoms with Gasteiger partial charge >= 0.3 is 0 Å². The van der Waals surface area contributed by atoms with Crippen LogP contribution in [0.15, 0.2) is 18.2 Å². The van der Waals surface area contributed by atoms with Gasteiger partial charge in [-0.3, -0.25) is 14.9 Å². The highest BCUT2D eigenvalue weighted by molar-refractivity contribution is 8.15. The van der Waals surface area contributed by atoms with Crippen molar-refractivity contribution in [1.82, 2.24) is 5.32 Å². The van der Waals surface area contributed by atoms with E-state index in [1.165, 1.54) is 11.1 Å². The fraction of sp³-hybridized carbons (Fsp3) is 0.333. The maximum atomic E-state index is 11.4. The van der Waals surface area contributed by atoms with Gasteiger partial charge in [-0.2, -0.15) is 0 Å². The van der Waals surface area contributed by atoms with Crippen molar-refractivity contribution in [3.05, 3.63) is 34.9 Å². The average molecular weight is 235 g/mol. The van der Waals surface area contributed by atoms with E-state index in [1.807, 2.05) is 13.8 Å². The molecule has 1 aliphatic rings. The second kappa shape index (κ2) is 4.29. The van der Waals surface area contributed by atoms with Gasteiger partial charge in [0.1, 0.15) is 0 Å². The minimum Gasteiger partial charge on any atom is -0.286 e. The van der Waals surface area contributed by atoms with Crippen molar-refractivity contribution < 1.29 is 9.59 Å². The van der Waals surface area contributed by atoms with Gasteiger partial charge in [-0.25, -0.2) is 0 Å². The molecule has 2 amide bonds. The molecule has 2 rings (SSSR count). The molecule has 1 atom stereocenters. The molecule has 16 heavy (non-hydrogen) atoms. The first-order chi connectivity index (χ1) is 7.54. The van der Waals surface area contributed by atoms with Crippen molar-refractivity contribution in [2.75, 3.05) is 0 Å². The first-order valence-corrected chi connectivity index (χ1v) is 6.01. The van der Waals surface area contributed by atoms with E-state index in [0.717, 1.165) is 17.3 Å². The molecule has 1 aromatic rings. The Morgan fingerprint density at radius 2 is 1.81 bits per heavy atom. The van der Waals surface area contributed by atoms with E-state index in [-0.39, 0.29) is 16.4 Å². The first kappa shape index (κ1) is 11.2. The highest BCUT2D eigenvalue weighted by Crippen LogP contribution is 2.23. The Kier molecular flexibility index (Phi) is 3.01. The molecule has 1 N–H and O–H groups in total. The molecule has 0 bridgehead atoms. The molecule has 1 heterocycles. The highest BCUT2D eigenvalue weighted by atomic mass is 32.2. The number of rotatable bonds is 2. The van der Waals surface area contributed by atoms with Crippen LogP contribution < -0.4 is 5.32 Å². The molecule has 1 fully saturated rings. The fourth-order valence-corrected chi connectivity index (χ4v) is 2.79. The van der Waals surface area contributed by atoms with Gasteiger partial charge in [0, 0.05) is 0 Å². The zero-order valence-electron chi connectivity index (χ0n) is 9.24. The second-order valence-corrected chi connectivity index (χ2v) is 5.26. The lowest BCUT2D eigenvalue weighted by Gasteiger charge is -2.07. The molecule has 4 heteroatoms. The van der Waals surface area contributed by atoms with Crippen molar-refractivity contribution >= 4 is 22.9 Å². The summed E-state index contributed by atoms with van der Waals surface area (Å²) >= 11 is 1.08. The van der Waals surface area contributed by atoms with Crippen LogP contribution in [0, 0.1) is 13.8 Å². The SMILES string of the molecule is Cc1cc(C)cc(CC2SC(=O)NC2=O)c1. The van der Waals surface area contributed by atoms with Gasteiger partial charge in [0.05, 0.1) is 5.25 Å². The molecule has 1 saturated heterocycles. The molecule has 0 radical (unpaired) electrons. The van der Waals surface area contributed by atoms with Crippen LogP contribution in [0.25, 0.3) is 0 Å². The summed E-state index contributed by atoms with van der Waals surface area (Å²) in [4.78, 5) is 22.4. The van der Waals surface area contributed by atoms with Crippen molar-refractivity contribution in [2.45, 2.75) is 25.5 Å². The third-order valence-corrected chi connectivity index (χ3v) is 3.45. The van der Waals surface area contributed by atoms with E-state index in [2.05, 4.69) is 23.5 Å². The number of benzene rings is 1. The molecule has 0 spiro atoms. The Bertz CT molecular complexity index is 436. The lowest BCUT2D eigenvalue weighted by molar-refractivity contribution is -0.118. The van der Waals surface area contributed by atoms with Gasteiger partial charge in [-0.05, 0) is 25.8 Å². The van der Waals surface area contributed by atoms with E-state index in [0.29, 0.717) is 6.42 Å². The number of carbonyl (C=O) groups is 2. The zero-order valence-corrected chi connectivity index (χ0v) is 10.1. The normalized spacial score (nSPS) is 20.0. The molecule has 1 aromatic carbocycles. The van der Waals surface area contributed by atoms with Crippen molar-refractivity contribution in [2.24, 2.45) is 0 Å². The number of aryl methyl sites for hydroxylation is 2. The van der Waals surface area contributed by atoms with Crippen LogP contribution in [-0.4, -0.2) is 16.4 Å². The Hall–Kier alpha value is -1.29. The predicted molar refractivity (Wildman–Crippen MR) is 64.5 cm³/mol. The van der Waals surface area contributed by atoms with Gasteiger partial charge in [0.2, 0.25) is 5.91 Å². The molecule has 0 saturated carbocycles. The summed E-state index contributed by atoms with van der Waals surface area (Å²) in [7, 11) is 0. The number of amides is 2. The van der Waals surface area contributed by atoms with E-state index in [4.69, 9.17) is 0 Å². The molecule has 0 aromatic heterocycles. The maximum Gasteiger partial charge on any atom is 0.286 e. The van der Waals surface area contributed by atoms with E-state index < -0.39 is 0 Å². The predicted octanol–water partition coefficient (Wildman–Crippen LogP) is 2.20. The lowest BCUT2D eigenvalue weighted by Crippen LogP contribution is -2.25. The van der Waals surface area contributed by atoms with Crippen LogP contribution in [0.2, 0.25) is 0 Å². The minimum absolute atomic E-state index is 0.172. The number of hydrogen-bond acceptors (Lipinski definition) is 3. The third kappa shape index (κ3) is 2.44. The van der Waals surface area contributed by atoms with Gasteiger partial charge in [-0.15, -0.1) is 0 Å². The molecule has 0 aliphatic carbocycles. The number of carbonyl (C=O) groups excluding carboxylic acids is 2. The van der Waals surface area contributed by atoms with Crippen LogP contribution in [-0.2, 0) is 11.2 Å². The highest BCUT2D eigenvalue weighted by Gasteiger charge is 2.31. The van der Waals surface area contributed by atoms with Gasteiger partial charge in [0.25, 0.3) is 5.24 Å². The van der Waals surface area contributed by atoms with Crippen molar-refractivity contribution in [3.63, 3.8) is 0 Å². The molecular weight excluding hydrogens is 222 g/mol. The summed E-state index contributed by atoms with van der Waals surface area (Å²) in [5, 5.41) is 1.80. The fourth-order valence-electron chi connectivity index (χ4n) is 1.93. The second-order valence-electron chi connectivity index (χ2n) is 4.08. The average Bonchev–Trinajstić information content (AvgIpc) is 2.43. The lowest BCUT2D eigenvalue weighted by atomic mass is 10.0. The van der Waals surface area contributed by atoms with Crippen LogP contribution in [0.5, 0.6) is 0 Å². The van der Waals surface area contributed by atoms with Crippen molar-refractivity contribution in [3.8, 4) is 0 Å². The molecular formula is C12H13NO2S. The van der Waals surface area contributed by atoms with Gasteiger partial charge < -0.3 is 0 Å². The summed E-state index contributed by atoms with van der Waals surface area (Å²) in [5.74, 6) is -0.172. The van der Waals surface area contributed by atoms with E-state index in [1.54, 1.807) is 0 Å². The third-order valence-electron chi connectivity index (χ3n) is 2.47. The monoisotopic (exact) mass is 235 g/mol. The number of hydrogen-bond donors (Lipinski definition) is 1. The largest absolute Gasteiger partial charge is 0.286 e. The number of nitrogens with one attached hydrogen (secondary N) is 1. The molecule has 1 aliphatic heterocycles. The van der Waals surface area contributed by atoms with Crippen molar-refractivity contribution in [1.29, 1.82) is 0 Å². The quantitative estimate of drug-likeness (QED) is 0.854. The van der Waals surface area contributed by atoms with E-state index in [9.17, 15) is 9.59 Å². The summed E-state index contributed by atoms with van der Waals surface area (Å²) < 4.78 is 0. The summed E-state index contributed by atoms with van der Waals surface area (Å²) in [5.41, 5.74) is 3.48. The summed E-state index contributed by atoms with van der Waals surface area (Å²) in [6.07, 6.45) is 0.616. The summed E-state index contributed by atoms with van der Waals surface area (Å²) in [6.45, 7) is 4.06. The minimum atomic E-state index is -0.270. The smallest absolute Gasteiger partial charge is 0.286 e. The molecule has 3 nitrogen and oxygen atoms in total. The van der Waals surface area contributed by atoms with Gasteiger partial charge in [0.15, 0.2) is 0 Å². The van der Waals surface area contributed by atoms with Crippen LogP contribution >= 0.6 is 11.8 Å². The Balaban J connectivity index is 2.15. The molecule has 1 unspecified atom stereocenters. The first-order valence-electron chi connectivity index (χ1n) is 5.13. The van der Waals surface area contributed by atoms with Crippen LogP contribution in [0.4, 0.5) is 4.79 Å². The number of thioether (sulfide) groups is 1. The Morgan fingerprint density at radius 1 is 1.19 bits per heavy atom.